The van der Waals surface area contributed by atoms with Gasteiger partial charge in [0.15, 0.2) is 11.5 Å². The van der Waals surface area contributed by atoms with Gasteiger partial charge in [-0.05, 0) is 11.6 Å². The minimum Gasteiger partial charge on any atom is -0.493 e. The number of benzene rings is 1. The van der Waals surface area contributed by atoms with Gasteiger partial charge in [-0.25, -0.2) is 4.79 Å². The number of ether oxygens (including phenoxy) is 2. The highest BCUT2D eigenvalue weighted by Crippen LogP contribution is 2.33. The zero-order valence-corrected chi connectivity index (χ0v) is 12.4. The van der Waals surface area contributed by atoms with Crippen LogP contribution in [-0.2, 0) is 10.5 Å². The molecule has 0 bridgehead atoms. The van der Waals surface area contributed by atoms with Crippen molar-refractivity contribution < 1.29 is 23.8 Å². The lowest BCUT2D eigenvalue weighted by atomic mass is 10.1. The van der Waals surface area contributed by atoms with Crippen LogP contribution in [0.1, 0.15) is 5.56 Å². The summed E-state index contributed by atoms with van der Waals surface area (Å²) in [6.45, 7) is 0. The number of carbonyl (C=O) groups is 1. The van der Waals surface area contributed by atoms with E-state index in [0.717, 1.165) is 0 Å². The first-order valence-corrected chi connectivity index (χ1v) is 7.19. The molecule has 2 rings (SSSR count). The van der Waals surface area contributed by atoms with Crippen LogP contribution in [0.5, 0.6) is 11.5 Å². The van der Waals surface area contributed by atoms with Crippen molar-refractivity contribution >= 4 is 28.7 Å². The van der Waals surface area contributed by atoms with Crippen molar-refractivity contribution in [2.24, 2.45) is 0 Å². The Morgan fingerprint density at radius 3 is 2.52 bits per heavy atom. The highest BCUT2D eigenvalue weighted by molar-refractivity contribution is 7.99. The summed E-state index contributed by atoms with van der Waals surface area (Å²) >= 11 is 1.21. The Bertz CT molecular complexity index is 721. The average Bonchev–Trinajstić information content (AvgIpc) is 2.45. The summed E-state index contributed by atoms with van der Waals surface area (Å²) in [6, 6.07) is 4.66. The molecule has 0 aliphatic rings. The molecule has 21 heavy (non-hydrogen) atoms. The lowest BCUT2D eigenvalue weighted by Gasteiger charge is -2.10. The smallest absolute Gasteiger partial charge is 0.336 e. The van der Waals surface area contributed by atoms with Crippen LogP contribution in [-0.4, -0.2) is 31.0 Å². The molecule has 7 heteroatoms. The molecule has 0 aliphatic carbocycles. The number of fused-ring (bicyclic) bond motifs is 1. The lowest BCUT2D eigenvalue weighted by molar-refractivity contribution is -0.133. The molecular formula is C14H14O6S. The summed E-state index contributed by atoms with van der Waals surface area (Å²) in [4.78, 5) is 22.2. The van der Waals surface area contributed by atoms with Gasteiger partial charge in [-0.15, -0.1) is 11.8 Å². The fraction of sp³-hybridized carbons (Fsp3) is 0.286. The van der Waals surface area contributed by atoms with Crippen LogP contribution in [0.15, 0.2) is 27.4 Å². The van der Waals surface area contributed by atoms with Gasteiger partial charge in [-0.1, -0.05) is 0 Å². The van der Waals surface area contributed by atoms with E-state index in [1.54, 1.807) is 12.1 Å². The first-order valence-electron chi connectivity index (χ1n) is 6.03. The molecule has 0 saturated carbocycles. The van der Waals surface area contributed by atoms with Gasteiger partial charge in [-0.3, -0.25) is 4.79 Å². The van der Waals surface area contributed by atoms with Crippen molar-refractivity contribution in [2.75, 3.05) is 20.0 Å². The number of carboxylic acid groups (broad SMARTS) is 1. The summed E-state index contributed by atoms with van der Waals surface area (Å²) in [7, 11) is 3.01. The van der Waals surface area contributed by atoms with Crippen LogP contribution >= 0.6 is 11.8 Å². The number of hydrogen-bond donors (Lipinski definition) is 1. The molecule has 0 spiro atoms. The molecular weight excluding hydrogens is 296 g/mol. The average molecular weight is 310 g/mol. The third-order valence-corrected chi connectivity index (χ3v) is 3.78. The number of rotatable bonds is 6. The highest BCUT2D eigenvalue weighted by atomic mass is 32.2. The largest absolute Gasteiger partial charge is 0.493 e. The molecule has 1 aromatic heterocycles. The highest BCUT2D eigenvalue weighted by Gasteiger charge is 2.12. The minimum atomic E-state index is -0.897. The van der Waals surface area contributed by atoms with Crippen LogP contribution in [0, 0.1) is 0 Å². The van der Waals surface area contributed by atoms with E-state index >= 15 is 0 Å². The zero-order valence-electron chi connectivity index (χ0n) is 11.5. The molecule has 112 valence electrons. The van der Waals surface area contributed by atoms with Crippen LogP contribution in [0.2, 0.25) is 0 Å². The maximum atomic E-state index is 11.6. The molecule has 0 saturated heterocycles. The van der Waals surface area contributed by atoms with Crippen LogP contribution in [0.3, 0.4) is 0 Å². The van der Waals surface area contributed by atoms with E-state index in [4.69, 9.17) is 19.0 Å². The monoisotopic (exact) mass is 310 g/mol. The molecule has 0 aliphatic heterocycles. The fourth-order valence-electron chi connectivity index (χ4n) is 1.92. The quantitative estimate of drug-likeness (QED) is 0.818. The summed E-state index contributed by atoms with van der Waals surface area (Å²) in [5.41, 5.74) is 0.597. The number of carboxylic acids is 1. The predicted molar refractivity (Wildman–Crippen MR) is 79.4 cm³/mol. The van der Waals surface area contributed by atoms with Gasteiger partial charge < -0.3 is 19.0 Å². The Kier molecular flexibility index (Phi) is 4.74. The first-order chi connectivity index (χ1) is 10.0. The maximum absolute atomic E-state index is 11.6. The third kappa shape index (κ3) is 3.49. The van der Waals surface area contributed by atoms with E-state index in [2.05, 4.69) is 0 Å². The Balaban J connectivity index is 2.48. The predicted octanol–water partition coefficient (Wildman–Crippen LogP) is 2.13. The Labute approximate surface area is 124 Å². The molecule has 1 N–H and O–H groups in total. The van der Waals surface area contributed by atoms with E-state index in [1.165, 1.54) is 32.0 Å². The Morgan fingerprint density at radius 2 is 1.90 bits per heavy atom. The molecule has 1 heterocycles. The number of aliphatic carboxylic acids is 1. The van der Waals surface area contributed by atoms with Gasteiger partial charge in [0.05, 0.1) is 20.0 Å². The maximum Gasteiger partial charge on any atom is 0.336 e. The second kappa shape index (κ2) is 6.53. The van der Waals surface area contributed by atoms with Gasteiger partial charge in [0.1, 0.15) is 5.58 Å². The number of methoxy groups -OCH3 is 2. The van der Waals surface area contributed by atoms with Crippen molar-refractivity contribution in [3.05, 3.63) is 34.2 Å². The van der Waals surface area contributed by atoms with Crippen molar-refractivity contribution in [2.45, 2.75) is 5.75 Å². The van der Waals surface area contributed by atoms with E-state index in [9.17, 15) is 9.59 Å². The summed E-state index contributed by atoms with van der Waals surface area (Å²) in [6.07, 6.45) is 0. The van der Waals surface area contributed by atoms with Crippen molar-refractivity contribution in [3.8, 4) is 11.5 Å². The molecule has 0 atom stereocenters. The number of hydrogen-bond acceptors (Lipinski definition) is 6. The second-order valence-corrected chi connectivity index (χ2v) is 5.17. The van der Waals surface area contributed by atoms with Crippen LogP contribution in [0.4, 0.5) is 0 Å². The van der Waals surface area contributed by atoms with Crippen molar-refractivity contribution in [1.82, 2.24) is 0 Å². The topological polar surface area (TPSA) is 86.0 Å². The Hall–Kier alpha value is -2.15. The second-order valence-electron chi connectivity index (χ2n) is 4.18. The van der Waals surface area contributed by atoms with E-state index in [-0.39, 0.29) is 5.75 Å². The normalized spacial score (nSPS) is 10.6. The zero-order chi connectivity index (χ0) is 15.4. The van der Waals surface area contributed by atoms with Gasteiger partial charge in [0.2, 0.25) is 0 Å². The van der Waals surface area contributed by atoms with Crippen molar-refractivity contribution in [3.63, 3.8) is 0 Å². The molecule has 0 unspecified atom stereocenters. The van der Waals surface area contributed by atoms with Crippen LogP contribution < -0.4 is 15.1 Å². The summed E-state index contributed by atoms with van der Waals surface area (Å²) in [5.74, 6) is 0.442. The SMILES string of the molecule is COc1cc2oc(=O)cc(CSCC(=O)O)c2cc1OC. The molecule has 0 amide bonds. The first kappa shape index (κ1) is 15.2. The summed E-state index contributed by atoms with van der Waals surface area (Å²) in [5, 5.41) is 9.37. The number of thioether (sulfide) groups is 1. The summed E-state index contributed by atoms with van der Waals surface area (Å²) < 4.78 is 15.5. The fourth-order valence-corrected chi connectivity index (χ4v) is 2.66. The molecule has 6 nitrogen and oxygen atoms in total. The molecule has 0 fully saturated rings. The van der Waals surface area contributed by atoms with E-state index in [0.29, 0.717) is 33.8 Å². The van der Waals surface area contributed by atoms with Crippen molar-refractivity contribution in [1.29, 1.82) is 0 Å². The minimum absolute atomic E-state index is 0.0327. The standard InChI is InChI=1S/C14H14O6S/c1-18-11-4-9-8(6-21-7-13(15)16)3-14(17)20-10(9)5-12(11)19-2/h3-5H,6-7H2,1-2H3,(H,15,16). The van der Waals surface area contributed by atoms with Gasteiger partial charge in [-0.2, -0.15) is 0 Å². The molecule has 0 radical (unpaired) electrons. The molecule has 1 aromatic carbocycles. The lowest BCUT2D eigenvalue weighted by Crippen LogP contribution is -2.03. The van der Waals surface area contributed by atoms with Gasteiger partial charge >= 0.3 is 11.6 Å². The van der Waals surface area contributed by atoms with Gasteiger partial charge in [0.25, 0.3) is 0 Å². The van der Waals surface area contributed by atoms with Crippen LogP contribution in [0.25, 0.3) is 11.0 Å². The van der Waals surface area contributed by atoms with Gasteiger partial charge in [0, 0.05) is 23.3 Å². The molecule has 2 aromatic rings. The Morgan fingerprint density at radius 1 is 1.24 bits per heavy atom. The van der Waals surface area contributed by atoms with E-state index in [1.807, 2.05) is 0 Å². The third-order valence-electron chi connectivity index (χ3n) is 2.82. The van der Waals surface area contributed by atoms with E-state index < -0.39 is 11.6 Å².